The van der Waals surface area contributed by atoms with Gasteiger partial charge >= 0.3 is 5.97 Å². The van der Waals surface area contributed by atoms with E-state index in [9.17, 15) is 21.6 Å². The van der Waals surface area contributed by atoms with E-state index in [4.69, 9.17) is 27.4 Å². The number of hydrogen-bond donors (Lipinski definition) is 2. The van der Waals surface area contributed by atoms with Gasteiger partial charge in [-0.15, -0.1) is 0 Å². The third-order valence-electron chi connectivity index (χ3n) is 9.61. The summed E-state index contributed by atoms with van der Waals surface area (Å²) in [5.41, 5.74) is 3.07. The Morgan fingerprint density at radius 1 is 0.964 bits per heavy atom. The number of methoxy groups -OCH3 is 1. The van der Waals surface area contributed by atoms with Gasteiger partial charge < -0.3 is 15.2 Å². The maximum Gasteiger partial charge on any atom is 0.303 e. The van der Waals surface area contributed by atoms with E-state index in [-0.39, 0.29) is 11.3 Å². The first-order valence-corrected chi connectivity index (χ1v) is 21.7. The van der Waals surface area contributed by atoms with E-state index in [1.807, 2.05) is 67.7 Å². The highest BCUT2D eigenvalue weighted by Gasteiger charge is 2.39. The molecule has 1 heterocycles. The molecule has 55 heavy (non-hydrogen) atoms. The highest BCUT2D eigenvalue weighted by molar-refractivity contribution is 7.86. The Morgan fingerprint density at radius 2 is 1.71 bits per heavy atom. The van der Waals surface area contributed by atoms with Gasteiger partial charge in [0.1, 0.15) is 0 Å². The standard InChI is InChI=1S/C40H54N2O10S3/c1-39(25-27-49-3,31-17-15-18-33(29-31)55(47,48)52-6)36(41-26-14-10-13-21-38(43)44)19-11-8-7-9-12-20-37-40(2,24-16-28-53(45)50-4)34-30-32(54(46)51-5)22-23-35(34)42-37/h7-9,11-12,15,17-20,22-23,29-30,42H,10,13-14,16,21,24-28H2,1-6H3,(H,43,44)/b8-7+,12-9+,19-11+,37-20+,41-36?. The van der Waals surface area contributed by atoms with Crippen LogP contribution in [0.3, 0.4) is 0 Å². The van der Waals surface area contributed by atoms with Gasteiger partial charge in [-0.1, -0.05) is 48.9 Å². The lowest BCUT2D eigenvalue weighted by molar-refractivity contribution is -0.137. The lowest BCUT2D eigenvalue weighted by Gasteiger charge is -2.31. The summed E-state index contributed by atoms with van der Waals surface area (Å²) >= 11 is -2.97. The van der Waals surface area contributed by atoms with Gasteiger partial charge in [-0.25, -0.2) is 8.42 Å². The summed E-state index contributed by atoms with van der Waals surface area (Å²) in [6, 6.07) is 12.2. The molecule has 2 aromatic carbocycles. The van der Waals surface area contributed by atoms with Crippen LogP contribution in [0.2, 0.25) is 0 Å². The zero-order valence-corrected chi connectivity index (χ0v) is 34.9. The molecule has 1 aliphatic rings. The average molecular weight is 819 g/mol. The van der Waals surface area contributed by atoms with Crippen LogP contribution in [0.25, 0.3) is 0 Å². The van der Waals surface area contributed by atoms with Crippen LogP contribution >= 0.6 is 0 Å². The molecule has 0 aliphatic carbocycles. The highest BCUT2D eigenvalue weighted by Crippen LogP contribution is 2.47. The molecule has 2 aromatic rings. The molecule has 302 valence electrons. The topological polar surface area (TPSA) is 167 Å². The number of unbranched alkanes of at least 4 members (excludes halogenated alkanes) is 2. The molecule has 3 rings (SSSR count). The second kappa shape index (κ2) is 22.2. The number of fused-ring (bicyclic) bond motifs is 1. The van der Waals surface area contributed by atoms with Gasteiger partial charge in [-0.2, -0.15) is 8.42 Å². The Morgan fingerprint density at radius 3 is 2.40 bits per heavy atom. The lowest BCUT2D eigenvalue weighted by atomic mass is 9.75. The first-order chi connectivity index (χ1) is 26.2. The van der Waals surface area contributed by atoms with Gasteiger partial charge in [-0.3, -0.25) is 22.3 Å². The summed E-state index contributed by atoms with van der Waals surface area (Å²) < 4.78 is 69.9. The van der Waals surface area contributed by atoms with Crippen molar-refractivity contribution in [3.63, 3.8) is 0 Å². The number of carboxylic acids is 1. The van der Waals surface area contributed by atoms with Crippen LogP contribution in [0, 0.1) is 0 Å². The van der Waals surface area contributed by atoms with Crippen LogP contribution in [-0.2, 0) is 65.2 Å². The van der Waals surface area contributed by atoms with Gasteiger partial charge in [-0.05, 0) is 99.6 Å². The number of carboxylic acid groups (broad SMARTS) is 1. The van der Waals surface area contributed by atoms with Crippen molar-refractivity contribution in [1.29, 1.82) is 0 Å². The smallest absolute Gasteiger partial charge is 0.303 e. The molecule has 12 nitrogen and oxygen atoms in total. The molecule has 0 aromatic heterocycles. The Balaban J connectivity index is 1.91. The van der Waals surface area contributed by atoms with Crippen molar-refractivity contribution >= 4 is 49.6 Å². The second-order valence-corrected chi connectivity index (χ2v) is 17.6. The SMILES string of the molecule is COCCC(C)(C(/C=C/C=C/C=C/C=C1/Nc2ccc(S(=O)OC)cc2C1(C)CCCS(=O)OC)=NCCCCCC(=O)O)c1cccc(S(=O)(=O)OC)c1. The molecule has 0 amide bonds. The summed E-state index contributed by atoms with van der Waals surface area (Å²) in [7, 11) is 1.63. The third kappa shape index (κ3) is 13.0. The van der Waals surface area contributed by atoms with Gasteiger partial charge in [0.05, 0.1) is 31.1 Å². The average Bonchev–Trinajstić information content (AvgIpc) is 3.46. The Kier molecular flexibility index (Phi) is 18.5. The maximum atomic E-state index is 12.6. The summed E-state index contributed by atoms with van der Waals surface area (Å²) in [6.45, 7) is 4.96. The maximum absolute atomic E-state index is 12.6. The van der Waals surface area contributed by atoms with Crippen LogP contribution in [-0.4, -0.2) is 81.0 Å². The predicted octanol–water partition coefficient (Wildman–Crippen LogP) is 7.10. The van der Waals surface area contributed by atoms with Crippen molar-refractivity contribution in [2.24, 2.45) is 4.99 Å². The van der Waals surface area contributed by atoms with E-state index < -0.39 is 49.1 Å². The Labute approximate surface area is 331 Å². The van der Waals surface area contributed by atoms with E-state index in [2.05, 4.69) is 12.2 Å². The van der Waals surface area contributed by atoms with Gasteiger partial charge in [0.2, 0.25) is 0 Å². The number of aliphatic imine (C=N–C) groups is 1. The van der Waals surface area contributed by atoms with E-state index in [1.54, 1.807) is 25.3 Å². The molecule has 2 N–H and O–H groups in total. The number of allylic oxidation sites excluding steroid dienone is 8. The van der Waals surface area contributed by atoms with Crippen LogP contribution < -0.4 is 5.32 Å². The fraction of sp³-hybridized carbons (Fsp3) is 0.450. The molecule has 0 spiro atoms. The molecule has 0 bridgehead atoms. The number of anilines is 1. The molecule has 0 fully saturated rings. The van der Waals surface area contributed by atoms with E-state index in [0.717, 1.165) is 35.3 Å². The highest BCUT2D eigenvalue weighted by atomic mass is 32.2. The van der Waals surface area contributed by atoms with Crippen LogP contribution in [0.5, 0.6) is 0 Å². The molecule has 15 heteroatoms. The summed E-state index contributed by atoms with van der Waals surface area (Å²) in [6.07, 6.45) is 17.3. The first-order valence-electron chi connectivity index (χ1n) is 18.0. The molecular formula is C40H54N2O10S3. The Bertz CT molecular complexity index is 1920. The second-order valence-electron chi connectivity index (χ2n) is 13.2. The summed E-state index contributed by atoms with van der Waals surface area (Å²) in [4.78, 5) is 16.5. The fourth-order valence-electron chi connectivity index (χ4n) is 6.32. The zero-order chi connectivity index (χ0) is 40.5. The number of benzene rings is 2. The summed E-state index contributed by atoms with van der Waals surface area (Å²) in [5, 5.41) is 12.5. The number of carbonyl (C=O) groups is 1. The number of hydrogen-bond acceptors (Lipinski definition) is 11. The van der Waals surface area contributed by atoms with Crippen molar-refractivity contribution in [2.75, 3.05) is 52.7 Å². The van der Waals surface area contributed by atoms with Crippen LogP contribution in [0.4, 0.5) is 5.69 Å². The number of aliphatic carboxylic acids is 1. The molecule has 4 unspecified atom stereocenters. The van der Waals surface area contributed by atoms with Crippen molar-refractivity contribution in [3.05, 3.63) is 102 Å². The van der Waals surface area contributed by atoms with E-state index in [1.165, 1.54) is 20.3 Å². The molecule has 1 aliphatic heterocycles. The number of ether oxygens (including phenoxy) is 1. The third-order valence-corrected chi connectivity index (χ3v) is 12.8. The quantitative estimate of drug-likeness (QED) is 0.0480. The fourth-order valence-corrected chi connectivity index (χ4v) is 8.16. The van der Waals surface area contributed by atoms with Crippen molar-refractivity contribution < 1.29 is 44.0 Å². The molecular weight excluding hydrogens is 765 g/mol. The number of nitrogens with zero attached hydrogens (tertiary/aromatic N) is 1. The van der Waals surface area contributed by atoms with Gasteiger partial charge in [0.15, 0.2) is 22.2 Å². The van der Waals surface area contributed by atoms with Crippen molar-refractivity contribution in [2.45, 2.75) is 79.4 Å². The monoisotopic (exact) mass is 818 g/mol. The molecule has 0 saturated heterocycles. The van der Waals surface area contributed by atoms with Crippen LogP contribution in [0.15, 0.2) is 105 Å². The minimum atomic E-state index is -3.94. The van der Waals surface area contributed by atoms with Crippen LogP contribution in [0.1, 0.15) is 69.9 Å². The minimum absolute atomic E-state index is 0.0403. The molecule has 0 radical (unpaired) electrons. The largest absolute Gasteiger partial charge is 0.481 e. The lowest BCUT2D eigenvalue weighted by Crippen LogP contribution is -2.33. The van der Waals surface area contributed by atoms with E-state index in [0.29, 0.717) is 62.3 Å². The van der Waals surface area contributed by atoms with Crippen molar-refractivity contribution in [3.8, 4) is 0 Å². The zero-order valence-electron chi connectivity index (χ0n) is 32.4. The first kappa shape index (κ1) is 45.8. The number of rotatable bonds is 24. The molecule has 4 atom stereocenters. The summed E-state index contributed by atoms with van der Waals surface area (Å²) in [5.74, 6) is -0.436. The van der Waals surface area contributed by atoms with Gasteiger partial charge in [0.25, 0.3) is 10.1 Å². The normalized spacial score (nSPS) is 19.2. The van der Waals surface area contributed by atoms with E-state index >= 15 is 0 Å². The minimum Gasteiger partial charge on any atom is -0.481 e. The number of nitrogens with one attached hydrogen (secondary N) is 1. The predicted molar refractivity (Wildman–Crippen MR) is 218 cm³/mol. The van der Waals surface area contributed by atoms with Gasteiger partial charge in [0, 0.05) is 60.4 Å². The van der Waals surface area contributed by atoms with Crippen molar-refractivity contribution in [1.82, 2.24) is 0 Å². The molecule has 0 saturated carbocycles. The Hall–Kier alpha value is -3.57.